The van der Waals surface area contributed by atoms with Crippen molar-refractivity contribution >= 4 is 5.69 Å². The smallest absolute Gasteiger partial charge is 0.159 e. The number of anilines is 1. The van der Waals surface area contributed by atoms with Gasteiger partial charge in [-0.1, -0.05) is 0 Å². The predicted octanol–water partition coefficient (Wildman–Crippen LogP) is 3.04. The second-order valence-electron chi connectivity index (χ2n) is 6.89. The summed E-state index contributed by atoms with van der Waals surface area (Å²) < 4.78 is 15.0. The van der Waals surface area contributed by atoms with E-state index in [9.17, 15) is 4.39 Å². The molecule has 0 aliphatic carbocycles. The van der Waals surface area contributed by atoms with E-state index >= 15 is 0 Å². The quantitative estimate of drug-likeness (QED) is 0.700. The summed E-state index contributed by atoms with van der Waals surface area (Å²) in [7, 11) is 0. The SMILES string of the molecule is Cc1nc(-c2ccc(C#N)cc2)n(CN2CCN(c3ccc(F)cc3)CC2)n1. The highest BCUT2D eigenvalue weighted by molar-refractivity contribution is 5.56. The Morgan fingerprint density at radius 1 is 1.00 bits per heavy atom. The van der Waals surface area contributed by atoms with Crippen LogP contribution in [0.25, 0.3) is 11.4 Å². The summed E-state index contributed by atoms with van der Waals surface area (Å²) in [6.07, 6.45) is 0. The van der Waals surface area contributed by atoms with Crippen LogP contribution in [-0.2, 0) is 6.67 Å². The molecule has 0 atom stereocenters. The maximum absolute atomic E-state index is 13.1. The molecule has 1 fully saturated rings. The molecule has 1 saturated heterocycles. The Morgan fingerprint density at radius 2 is 1.68 bits per heavy atom. The maximum Gasteiger partial charge on any atom is 0.159 e. The first-order valence-corrected chi connectivity index (χ1v) is 9.27. The monoisotopic (exact) mass is 376 g/mol. The second kappa shape index (κ2) is 7.79. The summed E-state index contributed by atoms with van der Waals surface area (Å²) in [5, 5.41) is 13.5. The van der Waals surface area contributed by atoms with Crippen LogP contribution in [0.3, 0.4) is 0 Å². The van der Waals surface area contributed by atoms with Crippen molar-refractivity contribution in [2.75, 3.05) is 31.1 Å². The molecule has 7 heteroatoms. The lowest BCUT2D eigenvalue weighted by molar-refractivity contribution is 0.197. The highest BCUT2D eigenvalue weighted by Crippen LogP contribution is 2.20. The van der Waals surface area contributed by atoms with E-state index in [0.29, 0.717) is 12.2 Å². The minimum Gasteiger partial charge on any atom is -0.369 e. The summed E-state index contributed by atoms with van der Waals surface area (Å²) in [6.45, 7) is 6.09. The number of nitrogens with zero attached hydrogens (tertiary/aromatic N) is 6. The van der Waals surface area contributed by atoms with Gasteiger partial charge in [0.05, 0.1) is 18.3 Å². The van der Waals surface area contributed by atoms with Gasteiger partial charge in [-0.15, -0.1) is 0 Å². The molecule has 0 saturated carbocycles. The van der Waals surface area contributed by atoms with E-state index in [4.69, 9.17) is 5.26 Å². The van der Waals surface area contributed by atoms with E-state index in [1.54, 1.807) is 12.1 Å². The van der Waals surface area contributed by atoms with Crippen LogP contribution in [0.1, 0.15) is 11.4 Å². The first-order valence-electron chi connectivity index (χ1n) is 9.27. The predicted molar refractivity (Wildman–Crippen MR) is 105 cm³/mol. The molecule has 4 rings (SSSR count). The third-order valence-electron chi connectivity index (χ3n) is 4.95. The molecule has 6 nitrogen and oxygen atoms in total. The Bertz CT molecular complexity index is 979. The fraction of sp³-hybridized carbons (Fsp3) is 0.286. The fourth-order valence-electron chi connectivity index (χ4n) is 3.45. The van der Waals surface area contributed by atoms with E-state index in [1.807, 2.05) is 35.9 Å². The van der Waals surface area contributed by atoms with Crippen molar-refractivity contribution in [3.63, 3.8) is 0 Å². The highest BCUT2D eigenvalue weighted by Gasteiger charge is 2.19. The van der Waals surface area contributed by atoms with Gasteiger partial charge in [0, 0.05) is 37.4 Å². The first kappa shape index (κ1) is 18.1. The summed E-state index contributed by atoms with van der Waals surface area (Å²) in [5.41, 5.74) is 2.63. The van der Waals surface area contributed by atoms with E-state index in [2.05, 4.69) is 26.0 Å². The van der Waals surface area contributed by atoms with Crippen molar-refractivity contribution in [1.29, 1.82) is 5.26 Å². The summed E-state index contributed by atoms with van der Waals surface area (Å²) >= 11 is 0. The molecule has 2 aromatic carbocycles. The number of piperazine rings is 1. The number of hydrogen-bond donors (Lipinski definition) is 0. The van der Waals surface area contributed by atoms with E-state index in [0.717, 1.165) is 49.1 Å². The lowest BCUT2D eigenvalue weighted by Gasteiger charge is -2.36. The minimum atomic E-state index is -0.209. The minimum absolute atomic E-state index is 0.209. The highest BCUT2D eigenvalue weighted by atomic mass is 19.1. The Balaban J connectivity index is 1.44. The van der Waals surface area contributed by atoms with Crippen LogP contribution >= 0.6 is 0 Å². The van der Waals surface area contributed by atoms with Crippen LogP contribution in [0.4, 0.5) is 10.1 Å². The van der Waals surface area contributed by atoms with Crippen LogP contribution in [0.5, 0.6) is 0 Å². The van der Waals surface area contributed by atoms with Crippen LogP contribution in [0, 0.1) is 24.1 Å². The molecule has 0 radical (unpaired) electrons. The molecule has 0 unspecified atom stereocenters. The number of aromatic nitrogens is 3. The normalized spacial score (nSPS) is 14.8. The van der Waals surface area contributed by atoms with Crippen molar-refractivity contribution in [3.05, 3.63) is 65.7 Å². The fourth-order valence-corrected chi connectivity index (χ4v) is 3.45. The van der Waals surface area contributed by atoms with E-state index < -0.39 is 0 Å². The number of rotatable bonds is 4. The Kier molecular flexibility index (Phi) is 5.04. The zero-order valence-corrected chi connectivity index (χ0v) is 15.7. The Morgan fingerprint density at radius 3 is 2.32 bits per heavy atom. The van der Waals surface area contributed by atoms with Crippen molar-refractivity contribution in [2.24, 2.45) is 0 Å². The molecule has 0 amide bonds. The molecular weight excluding hydrogens is 355 g/mol. The average Bonchev–Trinajstić information content (AvgIpc) is 3.09. The number of hydrogen-bond acceptors (Lipinski definition) is 5. The molecule has 0 N–H and O–H groups in total. The van der Waals surface area contributed by atoms with Gasteiger partial charge in [0.2, 0.25) is 0 Å². The number of benzene rings is 2. The largest absolute Gasteiger partial charge is 0.369 e. The third-order valence-corrected chi connectivity index (χ3v) is 4.95. The van der Waals surface area contributed by atoms with Crippen molar-refractivity contribution in [3.8, 4) is 17.5 Å². The summed E-state index contributed by atoms with van der Waals surface area (Å²) in [6, 6.07) is 16.2. The maximum atomic E-state index is 13.1. The Labute approximate surface area is 163 Å². The Hall–Kier alpha value is -3.24. The van der Waals surface area contributed by atoms with Gasteiger partial charge >= 0.3 is 0 Å². The van der Waals surface area contributed by atoms with Crippen LogP contribution in [0.15, 0.2) is 48.5 Å². The van der Waals surface area contributed by atoms with E-state index in [-0.39, 0.29) is 5.82 Å². The van der Waals surface area contributed by atoms with Gasteiger partial charge in [-0.05, 0) is 55.5 Å². The second-order valence-corrected chi connectivity index (χ2v) is 6.89. The molecule has 3 aromatic rings. The van der Waals surface area contributed by atoms with Gasteiger partial charge in [0.1, 0.15) is 11.6 Å². The van der Waals surface area contributed by atoms with Crippen molar-refractivity contribution in [2.45, 2.75) is 13.6 Å². The molecule has 1 aliphatic heterocycles. The molecular formula is C21H21FN6. The standard InChI is InChI=1S/C21H21FN6/c1-16-24-21(18-4-2-17(14-23)3-5-18)28(25-16)15-26-10-12-27(13-11-26)20-8-6-19(22)7-9-20/h2-9H,10-13,15H2,1H3. The lowest BCUT2D eigenvalue weighted by atomic mass is 10.1. The van der Waals surface area contributed by atoms with Crippen LogP contribution in [-0.4, -0.2) is 45.8 Å². The number of halogens is 1. The molecule has 0 bridgehead atoms. The molecule has 0 spiro atoms. The van der Waals surface area contributed by atoms with Crippen molar-refractivity contribution < 1.29 is 4.39 Å². The molecule has 1 aliphatic rings. The van der Waals surface area contributed by atoms with Gasteiger partial charge < -0.3 is 4.90 Å². The number of aryl methyl sites for hydroxylation is 1. The van der Waals surface area contributed by atoms with Gasteiger partial charge in [0.25, 0.3) is 0 Å². The lowest BCUT2D eigenvalue weighted by Crippen LogP contribution is -2.47. The average molecular weight is 376 g/mol. The van der Waals surface area contributed by atoms with Gasteiger partial charge in [0.15, 0.2) is 5.82 Å². The van der Waals surface area contributed by atoms with Gasteiger partial charge in [-0.3, -0.25) is 4.90 Å². The van der Waals surface area contributed by atoms with Crippen LogP contribution in [0.2, 0.25) is 0 Å². The summed E-state index contributed by atoms with van der Waals surface area (Å²) in [4.78, 5) is 9.17. The van der Waals surface area contributed by atoms with Gasteiger partial charge in [-0.25, -0.2) is 14.1 Å². The molecule has 142 valence electrons. The molecule has 1 aromatic heterocycles. The zero-order valence-electron chi connectivity index (χ0n) is 15.7. The summed E-state index contributed by atoms with van der Waals surface area (Å²) in [5.74, 6) is 1.33. The topological polar surface area (TPSA) is 61.0 Å². The van der Waals surface area contributed by atoms with Crippen molar-refractivity contribution in [1.82, 2.24) is 19.7 Å². The molecule has 28 heavy (non-hydrogen) atoms. The van der Waals surface area contributed by atoms with Crippen LogP contribution < -0.4 is 4.90 Å². The first-order chi connectivity index (χ1) is 13.6. The van der Waals surface area contributed by atoms with Gasteiger partial charge in [-0.2, -0.15) is 10.4 Å². The molecule has 2 heterocycles. The third kappa shape index (κ3) is 3.87. The zero-order chi connectivity index (χ0) is 19.5. The number of nitriles is 1. The van der Waals surface area contributed by atoms with E-state index in [1.165, 1.54) is 12.1 Å².